The fraction of sp³-hybridized carbons (Fsp3) is 0.278. The lowest BCUT2D eigenvalue weighted by atomic mass is 10.0. The first-order chi connectivity index (χ1) is 11.2. The summed E-state index contributed by atoms with van der Waals surface area (Å²) in [7, 11) is 0. The van der Waals surface area contributed by atoms with E-state index >= 15 is 0 Å². The van der Waals surface area contributed by atoms with Crippen LogP contribution in [0.25, 0.3) is 0 Å². The van der Waals surface area contributed by atoms with Gasteiger partial charge in [-0.2, -0.15) is 0 Å². The highest BCUT2D eigenvalue weighted by atomic mass is 35.5. The van der Waals surface area contributed by atoms with Crippen molar-refractivity contribution >= 4 is 29.3 Å². The lowest BCUT2D eigenvalue weighted by Crippen LogP contribution is -2.33. The van der Waals surface area contributed by atoms with Gasteiger partial charge in [0, 0.05) is 17.1 Å². The highest BCUT2D eigenvalue weighted by Crippen LogP contribution is 2.36. The molecule has 1 heterocycles. The summed E-state index contributed by atoms with van der Waals surface area (Å²) in [5.41, 5.74) is 2.94. The first kappa shape index (κ1) is 16.4. The summed E-state index contributed by atoms with van der Waals surface area (Å²) in [5, 5.41) is 13.4. The zero-order valence-corrected chi connectivity index (χ0v) is 14.1. The third-order valence-corrected chi connectivity index (χ3v) is 5.55. The van der Waals surface area contributed by atoms with Crippen LogP contribution in [0.15, 0.2) is 48.5 Å². The molecule has 1 aliphatic rings. The molecule has 2 unspecified atom stereocenters. The Morgan fingerprint density at radius 3 is 2.83 bits per heavy atom. The normalized spacial score (nSPS) is 18.1. The van der Waals surface area contributed by atoms with Crippen LogP contribution in [0.3, 0.4) is 0 Å². The molecule has 2 N–H and O–H groups in total. The maximum Gasteiger partial charge on any atom is 0.237 e. The number of halogens is 1. The van der Waals surface area contributed by atoms with E-state index in [0.29, 0.717) is 10.6 Å². The van der Waals surface area contributed by atoms with Crippen molar-refractivity contribution in [3.63, 3.8) is 0 Å². The van der Waals surface area contributed by atoms with Gasteiger partial charge in [0.15, 0.2) is 0 Å². The van der Waals surface area contributed by atoms with Gasteiger partial charge in [-0.05, 0) is 29.4 Å². The maximum absolute atomic E-state index is 12.5. The molecule has 0 fully saturated rings. The van der Waals surface area contributed by atoms with Crippen LogP contribution in [0.1, 0.15) is 28.0 Å². The van der Waals surface area contributed by atoms with Gasteiger partial charge >= 0.3 is 0 Å². The highest BCUT2D eigenvalue weighted by molar-refractivity contribution is 8.00. The zero-order chi connectivity index (χ0) is 16.2. The third kappa shape index (κ3) is 3.71. The number of benzene rings is 2. The number of aliphatic hydroxyl groups is 1. The Kier molecular flexibility index (Phi) is 5.26. The quantitative estimate of drug-likeness (QED) is 0.889. The van der Waals surface area contributed by atoms with Gasteiger partial charge in [-0.1, -0.05) is 54.1 Å². The molecule has 5 heteroatoms. The molecule has 120 valence electrons. The maximum atomic E-state index is 12.5. The van der Waals surface area contributed by atoms with Crippen LogP contribution < -0.4 is 5.32 Å². The van der Waals surface area contributed by atoms with Crippen LogP contribution in [0.2, 0.25) is 5.02 Å². The molecule has 0 aliphatic carbocycles. The van der Waals surface area contributed by atoms with E-state index in [0.717, 1.165) is 17.7 Å². The van der Waals surface area contributed by atoms with Gasteiger partial charge in [0.05, 0.1) is 6.10 Å². The summed E-state index contributed by atoms with van der Waals surface area (Å²) in [4.78, 5) is 12.5. The number of thioether (sulfide) groups is 1. The molecule has 0 radical (unpaired) electrons. The number of fused-ring (bicyclic) bond motifs is 1. The SMILES string of the molecule is O=C(NCC(O)c1ccccc1Cl)C1SCCc2ccccc21. The van der Waals surface area contributed by atoms with Crippen molar-refractivity contribution in [2.45, 2.75) is 17.8 Å². The van der Waals surface area contributed by atoms with Crippen molar-refractivity contribution in [3.05, 3.63) is 70.2 Å². The Hall–Kier alpha value is -1.49. The third-order valence-electron chi connectivity index (χ3n) is 3.97. The fourth-order valence-corrected chi connectivity index (χ4v) is 4.24. The Morgan fingerprint density at radius 2 is 2.00 bits per heavy atom. The topological polar surface area (TPSA) is 49.3 Å². The number of carbonyl (C=O) groups is 1. The Bertz CT molecular complexity index is 707. The standard InChI is InChI=1S/C18H18ClNO2S/c19-15-8-4-3-7-14(15)16(21)11-20-18(22)17-13-6-2-1-5-12(13)9-10-23-17/h1-8,16-17,21H,9-11H2,(H,20,22). The number of hydrogen-bond donors (Lipinski definition) is 2. The second-order valence-corrected chi connectivity index (χ2v) is 7.10. The van der Waals surface area contributed by atoms with Crippen molar-refractivity contribution in [1.82, 2.24) is 5.32 Å². The van der Waals surface area contributed by atoms with Crippen LogP contribution in [-0.4, -0.2) is 23.3 Å². The molecule has 0 saturated heterocycles. The summed E-state index contributed by atoms with van der Waals surface area (Å²) >= 11 is 7.72. The van der Waals surface area contributed by atoms with E-state index in [1.54, 1.807) is 23.9 Å². The molecule has 0 spiro atoms. The number of nitrogens with one attached hydrogen (secondary N) is 1. The lowest BCUT2D eigenvalue weighted by molar-refractivity contribution is -0.121. The minimum absolute atomic E-state index is 0.0618. The summed E-state index contributed by atoms with van der Waals surface area (Å²) in [5.74, 6) is 0.871. The van der Waals surface area contributed by atoms with E-state index in [4.69, 9.17) is 11.6 Å². The molecule has 0 saturated carbocycles. The predicted octanol–water partition coefficient (Wildman–Crippen LogP) is 3.52. The first-order valence-corrected chi connectivity index (χ1v) is 8.99. The summed E-state index contributed by atoms with van der Waals surface area (Å²) in [6, 6.07) is 15.2. The van der Waals surface area contributed by atoms with Gasteiger partial charge in [0.1, 0.15) is 5.25 Å². The Labute approximate surface area is 145 Å². The van der Waals surface area contributed by atoms with Gasteiger partial charge in [-0.15, -0.1) is 11.8 Å². The zero-order valence-electron chi connectivity index (χ0n) is 12.5. The van der Waals surface area contributed by atoms with E-state index in [1.807, 2.05) is 30.3 Å². The number of aryl methyl sites for hydroxylation is 1. The fourth-order valence-electron chi connectivity index (χ4n) is 2.76. The van der Waals surface area contributed by atoms with E-state index in [9.17, 15) is 9.90 Å². The molecule has 23 heavy (non-hydrogen) atoms. The van der Waals surface area contributed by atoms with Gasteiger partial charge in [0.25, 0.3) is 0 Å². The van der Waals surface area contributed by atoms with Gasteiger partial charge in [-0.25, -0.2) is 0 Å². The van der Waals surface area contributed by atoms with E-state index < -0.39 is 6.10 Å². The number of rotatable bonds is 4. The number of hydrogen-bond acceptors (Lipinski definition) is 3. The minimum atomic E-state index is -0.809. The number of carbonyl (C=O) groups excluding carboxylic acids is 1. The molecule has 2 atom stereocenters. The number of amides is 1. The monoisotopic (exact) mass is 347 g/mol. The Balaban J connectivity index is 1.66. The van der Waals surface area contributed by atoms with Crippen molar-refractivity contribution in [2.75, 3.05) is 12.3 Å². The van der Waals surface area contributed by atoms with E-state index in [2.05, 4.69) is 11.4 Å². The molecule has 1 aliphatic heterocycles. The molecular formula is C18H18ClNO2S. The van der Waals surface area contributed by atoms with Crippen molar-refractivity contribution < 1.29 is 9.90 Å². The summed E-state index contributed by atoms with van der Waals surface area (Å²) in [6.45, 7) is 0.155. The molecule has 0 bridgehead atoms. The Morgan fingerprint density at radius 1 is 1.26 bits per heavy atom. The van der Waals surface area contributed by atoms with E-state index in [-0.39, 0.29) is 17.7 Å². The van der Waals surface area contributed by atoms with E-state index in [1.165, 1.54) is 5.56 Å². The summed E-state index contributed by atoms with van der Waals surface area (Å²) < 4.78 is 0. The van der Waals surface area contributed by atoms with Gasteiger partial charge < -0.3 is 10.4 Å². The van der Waals surface area contributed by atoms with Crippen LogP contribution >= 0.6 is 23.4 Å². The molecule has 2 aromatic carbocycles. The number of aliphatic hydroxyl groups excluding tert-OH is 1. The van der Waals surface area contributed by atoms with Gasteiger partial charge in [0.2, 0.25) is 5.91 Å². The van der Waals surface area contributed by atoms with Crippen LogP contribution in [0, 0.1) is 0 Å². The average molecular weight is 348 g/mol. The predicted molar refractivity (Wildman–Crippen MR) is 94.8 cm³/mol. The average Bonchev–Trinajstić information content (AvgIpc) is 2.59. The second kappa shape index (κ2) is 7.39. The van der Waals surface area contributed by atoms with Crippen molar-refractivity contribution in [1.29, 1.82) is 0 Å². The molecule has 2 aromatic rings. The lowest BCUT2D eigenvalue weighted by Gasteiger charge is -2.24. The van der Waals surface area contributed by atoms with Crippen molar-refractivity contribution in [3.8, 4) is 0 Å². The highest BCUT2D eigenvalue weighted by Gasteiger charge is 2.27. The van der Waals surface area contributed by atoms with Crippen LogP contribution in [0.5, 0.6) is 0 Å². The van der Waals surface area contributed by atoms with Crippen molar-refractivity contribution in [2.24, 2.45) is 0 Å². The van der Waals surface area contributed by atoms with Crippen LogP contribution in [0.4, 0.5) is 0 Å². The first-order valence-electron chi connectivity index (χ1n) is 7.56. The largest absolute Gasteiger partial charge is 0.387 e. The smallest absolute Gasteiger partial charge is 0.237 e. The summed E-state index contributed by atoms with van der Waals surface area (Å²) in [6.07, 6.45) is 0.184. The molecule has 3 rings (SSSR count). The van der Waals surface area contributed by atoms with Crippen LogP contribution in [-0.2, 0) is 11.2 Å². The molecule has 0 aromatic heterocycles. The van der Waals surface area contributed by atoms with Gasteiger partial charge in [-0.3, -0.25) is 4.79 Å². The minimum Gasteiger partial charge on any atom is -0.387 e. The second-order valence-electron chi connectivity index (χ2n) is 5.48. The molecule has 1 amide bonds. The molecular weight excluding hydrogens is 330 g/mol. The molecule has 3 nitrogen and oxygen atoms in total.